The first-order valence-electron chi connectivity index (χ1n) is 9.68. The van der Waals surface area contributed by atoms with Crippen LogP contribution in [0, 0.1) is 0 Å². The molecule has 146 valence electrons. The first kappa shape index (κ1) is 20.8. The van der Waals surface area contributed by atoms with E-state index in [1.807, 2.05) is 24.3 Å². The fraction of sp³-hybridized carbons (Fsp3) is 0.435. The van der Waals surface area contributed by atoms with Crippen molar-refractivity contribution < 1.29 is 9.53 Å². The lowest BCUT2D eigenvalue weighted by Gasteiger charge is -2.20. The molecule has 0 aromatic heterocycles. The van der Waals surface area contributed by atoms with Crippen molar-refractivity contribution in [3.63, 3.8) is 0 Å². The number of hydrogen-bond acceptors (Lipinski definition) is 3. The Balaban J connectivity index is 1.91. The number of benzene rings is 2. The van der Waals surface area contributed by atoms with Gasteiger partial charge in [0.1, 0.15) is 5.75 Å². The van der Waals surface area contributed by atoms with Gasteiger partial charge >= 0.3 is 0 Å². The Bertz CT molecular complexity index is 728. The van der Waals surface area contributed by atoms with Gasteiger partial charge in [-0.3, -0.25) is 4.79 Å². The van der Waals surface area contributed by atoms with Gasteiger partial charge in [0, 0.05) is 12.2 Å². The summed E-state index contributed by atoms with van der Waals surface area (Å²) >= 11 is 0. The Morgan fingerprint density at radius 3 is 2.22 bits per heavy atom. The molecule has 0 radical (unpaired) electrons. The average Bonchev–Trinajstić information content (AvgIpc) is 2.66. The number of anilines is 1. The van der Waals surface area contributed by atoms with Crippen LogP contribution in [0.15, 0.2) is 42.5 Å². The average molecular weight is 369 g/mol. The van der Waals surface area contributed by atoms with E-state index in [2.05, 4.69) is 56.5 Å². The third-order valence-electron chi connectivity index (χ3n) is 4.67. The van der Waals surface area contributed by atoms with E-state index in [-0.39, 0.29) is 12.5 Å². The Morgan fingerprint density at radius 2 is 1.63 bits per heavy atom. The van der Waals surface area contributed by atoms with Gasteiger partial charge < -0.3 is 15.4 Å². The largest absolute Gasteiger partial charge is 0.497 e. The zero-order valence-corrected chi connectivity index (χ0v) is 17.1. The number of nitrogens with one attached hydrogen (secondary N) is 2. The molecule has 0 spiro atoms. The molecule has 4 nitrogen and oxygen atoms in total. The van der Waals surface area contributed by atoms with Crippen LogP contribution in [-0.2, 0) is 11.2 Å². The molecule has 0 heterocycles. The lowest BCUT2D eigenvalue weighted by Crippen LogP contribution is -2.31. The Kier molecular flexibility index (Phi) is 7.71. The van der Waals surface area contributed by atoms with Gasteiger partial charge in [-0.2, -0.15) is 0 Å². The summed E-state index contributed by atoms with van der Waals surface area (Å²) in [6.45, 7) is 9.60. The highest BCUT2D eigenvalue weighted by molar-refractivity contribution is 5.81. The first-order valence-corrected chi connectivity index (χ1v) is 9.68. The Labute approximate surface area is 163 Å². The molecule has 0 fully saturated rings. The SMILES string of the molecule is COc1cccc(CCNC(=O)CNc2c(C(C)C)cccc2C(C)C)c1. The van der Waals surface area contributed by atoms with Gasteiger partial charge in [0.2, 0.25) is 5.91 Å². The second kappa shape index (κ2) is 10.0. The maximum absolute atomic E-state index is 12.3. The van der Waals surface area contributed by atoms with Gasteiger partial charge in [0.05, 0.1) is 13.7 Å². The van der Waals surface area contributed by atoms with E-state index < -0.39 is 0 Å². The number of rotatable bonds is 9. The van der Waals surface area contributed by atoms with Crippen LogP contribution in [0.3, 0.4) is 0 Å². The van der Waals surface area contributed by atoms with E-state index in [9.17, 15) is 4.79 Å². The molecule has 2 aromatic rings. The molecule has 2 rings (SSSR count). The lowest BCUT2D eigenvalue weighted by atomic mass is 9.92. The molecule has 0 aliphatic heterocycles. The molecule has 2 aromatic carbocycles. The predicted octanol–water partition coefficient (Wildman–Crippen LogP) is 4.71. The summed E-state index contributed by atoms with van der Waals surface area (Å²) in [6.07, 6.45) is 0.781. The second-order valence-corrected chi connectivity index (χ2v) is 7.43. The van der Waals surface area contributed by atoms with Gasteiger partial charge in [0.15, 0.2) is 0 Å². The van der Waals surface area contributed by atoms with Gasteiger partial charge in [-0.15, -0.1) is 0 Å². The molecular weight excluding hydrogens is 336 g/mol. The molecule has 1 amide bonds. The van der Waals surface area contributed by atoms with Crippen molar-refractivity contribution in [1.29, 1.82) is 0 Å². The van der Waals surface area contributed by atoms with Gasteiger partial charge in [-0.1, -0.05) is 58.0 Å². The minimum Gasteiger partial charge on any atom is -0.497 e. The molecular formula is C23H32N2O2. The van der Waals surface area contributed by atoms with E-state index in [4.69, 9.17) is 4.74 Å². The molecule has 0 aliphatic carbocycles. The summed E-state index contributed by atoms with van der Waals surface area (Å²) in [5.74, 6) is 1.66. The van der Waals surface area contributed by atoms with Gasteiger partial charge in [0.25, 0.3) is 0 Å². The molecule has 0 bridgehead atoms. The number of methoxy groups -OCH3 is 1. The van der Waals surface area contributed by atoms with Crippen molar-refractivity contribution in [2.45, 2.75) is 46.0 Å². The summed E-state index contributed by atoms with van der Waals surface area (Å²) in [5.41, 5.74) is 4.76. The van der Waals surface area contributed by atoms with Crippen LogP contribution in [0.2, 0.25) is 0 Å². The highest BCUT2D eigenvalue weighted by Crippen LogP contribution is 2.32. The maximum atomic E-state index is 12.3. The van der Waals surface area contributed by atoms with Crippen LogP contribution >= 0.6 is 0 Å². The van der Waals surface area contributed by atoms with Crippen LogP contribution < -0.4 is 15.4 Å². The molecule has 0 saturated carbocycles. The van der Waals surface area contributed by atoms with E-state index >= 15 is 0 Å². The number of carbonyl (C=O) groups is 1. The van der Waals surface area contributed by atoms with Crippen LogP contribution in [0.5, 0.6) is 5.75 Å². The monoisotopic (exact) mass is 368 g/mol. The molecule has 0 atom stereocenters. The predicted molar refractivity (Wildman–Crippen MR) is 113 cm³/mol. The summed E-state index contributed by atoms with van der Waals surface area (Å²) in [4.78, 5) is 12.3. The van der Waals surface area contributed by atoms with Crippen molar-refractivity contribution in [3.05, 3.63) is 59.2 Å². The van der Waals surface area contributed by atoms with Crippen molar-refractivity contribution in [1.82, 2.24) is 5.32 Å². The van der Waals surface area contributed by atoms with Crippen LogP contribution in [0.4, 0.5) is 5.69 Å². The normalized spacial score (nSPS) is 10.9. The van der Waals surface area contributed by atoms with Crippen molar-refractivity contribution in [2.24, 2.45) is 0 Å². The minimum absolute atomic E-state index is 0.00571. The fourth-order valence-electron chi connectivity index (χ4n) is 3.16. The van der Waals surface area contributed by atoms with Gasteiger partial charge in [-0.25, -0.2) is 0 Å². The third kappa shape index (κ3) is 6.02. The minimum atomic E-state index is 0.00571. The van der Waals surface area contributed by atoms with Gasteiger partial charge in [-0.05, 0) is 47.1 Å². The van der Waals surface area contributed by atoms with E-state index in [0.29, 0.717) is 18.4 Å². The number of para-hydroxylation sites is 1. The second-order valence-electron chi connectivity index (χ2n) is 7.43. The highest BCUT2D eigenvalue weighted by atomic mass is 16.5. The first-order chi connectivity index (χ1) is 12.9. The molecule has 0 saturated heterocycles. The smallest absolute Gasteiger partial charge is 0.239 e. The van der Waals surface area contributed by atoms with Crippen LogP contribution in [0.1, 0.15) is 56.2 Å². The summed E-state index contributed by atoms with van der Waals surface area (Å²) in [7, 11) is 1.66. The van der Waals surface area contributed by atoms with E-state index in [1.165, 1.54) is 11.1 Å². The molecule has 4 heteroatoms. The molecule has 0 aliphatic rings. The fourth-order valence-corrected chi connectivity index (χ4v) is 3.16. The van der Waals surface area contributed by atoms with E-state index in [1.54, 1.807) is 7.11 Å². The molecule has 27 heavy (non-hydrogen) atoms. The van der Waals surface area contributed by atoms with Crippen molar-refractivity contribution in [3.8, 4) is 5.75 Å². The lowest BCUT2D eigenvalue weighted by molar-refractivity contribution is -0.119. The quantitative estimate of drug-likeness (QED) is 0.674. The van der Waals surface area contributed by atoms with Crippen molar-refractivity contribution >= 4 is 11.6 Å². The topological polar surface area (TPSA) is 50.4 Å². The number of carbonyl (C=O) groups excluding carboxylic acids is 1. The molecule has 0 unspecified atom stereocenters. The number of hydrogen-bond donors (Lipinski definition) is 2. The highest BCUT2D eigenvalue weighted by Gasteiger charge is 2.14. The zero-order valence-electron chi connectivity index (χ0n) is 17.1. The maximum Gasteiger partial charge on any atom is 0.239 e. The summed E-state index contributed by atoms with van der Waals surface area (Å²) in [6, 6.07) is 14.3. The summed E-state index contributed by atoms with van der Waals surface area (Å²) in [5, 5.41) is 6.37. The summed E-state index contributed by atoms with van der Waals surface area (Å²) < 4.78 is 5.23. The van der Waals surface area contributed by atoms with Crippen molar-refractivity contribution in [2.75, 3.05) is 25.5 Å². The van der Waals surface area contributed by atoms with E-state index in [0.717, 1.165) is 23.4 Å². The van der Waals surface area contributed by atoms with Crippen LogP contribution in [0.25, 0.3) is 0 Å². The zero-order chi connectivity index (χ0) is 19.8. The standard InChI is InChI=1S/C23H32N2O2/c1-16(2)20-10-7-11-21(17(3)4)23(20)25-15-22(26)24-13-12-18-8-6-9-19(14-18)27-5/h6-11,14,16-17,25H,12-13,15H2,1-5H3,(H,24,26). The Hall–Kier alpha value is -2.49. The van der Waals surface area contributed by atoms with Crippen LogP contribution in [-0.4, -0.2) is 26.1 Å². The Morgan fingerprint density at radius 1 is 1.00 bits per heavy atom. The number of amides is 1. The number of ether oxygens (including phenoxy) is 1. The third-order valence-corrected chi connectivity index (χ3v) is 4.67. The molecule has 2 N–H and O–H groups in total.